The van der Waals surface area contributed by atoms with E-state index in [-0.39, 0.29) is 6.10 Å². The smallest absolute Gasteiger partial charge is 0.412 e. The minimum Gasteiger partial charge on any atom is -0.488 e. The van der Waals surface area contributed by atoms with Gasteiger partial charge in [-0.3, -0.25) is 10.1 Å². The van der Waals surface area contributed by atoms with Crippen molar-refractivity contribution in [3.63, 3.8) is 0 Å². The molecule has 108 valence electrons. The van der Waals surface area contributed by atoms with E-state index in [1.165, 1.54) is 0 Å². The number of carbonyl (C=O) groups is 2. The average molecular weight is 277 g/mol. The van der Waals surface area contributed by atoms with Gasteiger partial charge in [-0.1, -0.05) is 0 Å². The summed E-state index contributed by atoms with van der Waals surface area (Å²) in [5.74, 6) is 0.619. The molecule has 1 N–H and O–H groups in total. The third kappa shape index (κ3) is 3.29. The van der Waals surface area contributed by atoms with E-state index in [0.717, 1.165) is 18.3 Å². The molecule has 0 aromatic heterocycles. The van der Waals surface area contributed by atoms with Crippen LogP contribution in [0, 0.1) is 0 Å². The SMILES string of the molecule is CC1Cc2cc(C=O)cc(NC(=O)OC(C)(C)C)c2O1. The standard InChI is InChI=1S/C15H19NO4/c1-9-5-11-6-10(8-17)7-12(13(11)19-9)16-14(18)20-15(2,3)4/h6-9H,5H2,1-4H3,(H,16,18). The van der Waals surface area contributed by atoms with E-state index in [1.807, 2.05) is 6.92 Å². The van der Waals surface area contributed by atoms with Crippen LogP contribution >= 0.6 is 0 Å². The normalized spacial score (nSPS) is 17.1. The molecule has 1 heterocycles. The summed E-state index contributed by atoms with van der Waals surface area (Å²) in [6.45, 7) is 7.31. The maximum Gasteiger partial charge on any atom is 0.412 e. The van der Waals surface area contributed by atoms with Gasteiger partial charge < -0.3 is 9.47 Å². The maximum atomic E-state index is 11.8. The Hall–Kier alpha value is -2.04. The number of anilines is 1. The summed E-state index contributed by atoms with van der Waals surface area (Å²) >= 11 is 0. The number of amides is 1. The second kappa shape index (κ2) is 5.15. The minimum atomic E-state index is -0.580. The zero-order valence-electron chi connectivity index (χ0n) is 12.1. The van der Waals surface area contributed by atoms with Crippen LogP contribution < -0.4 is 10.1 Å². The van der Waals surface area contributed by atoms with E-state index < -0.39 is 11.7 Å². The monoisotopic (exact) mass is 277 g/mol. The molecule has 1 aliphatic rings. The molecule has 20 heavy (non-hydrogen) atoms. The second-order valence-corrected chi connectivity index (χ2v) is 5.93. The number of nitrogens with one attached hydrogen (secondary N) is 1. The number of carbonyl (C=O) groups excluding carboxylic acids is 2. The van der Waals surface area contributed by atoms with Gasteiger partial charge in [0.05, 0.1) is 5.69 Å². The van der Waals surface area contributed by atoms with Crippen molar-refractivity contribution in [3.05, 3.63) is 23.3 Å². The molecule has 0 radical (unpaired) electrons. The molecule has 1 unspecified atom stereocenters. The quantitative estimate of drug-likeness (QED) is 0.843. The number of ether oxygens (including phenoxy) is 2. The molecule has 5 heteroatoms. The highest BCUT2D eigenvalue weighted by molar-refractivity contribution is 5.90. The molecule has 1 aliphatic heterocycles. The molecular formula is C15H19NO4. The Kier molecular flexibility index (Phi) is 3.70. The Morgan fingerprint density at radius 3 is 2.75 bits per heavy atom. The first-order valence-electron chi connectivity index (χ1n) is 6.57. The van der Waals surface area contributed by atoms with Crippen molar-refractivity contribution in [2.75, 3.05) is 5.32 Å². The molecule has 1 amide bonds. The third-order valence-electron chi connectivity index (χ3n) is 2.79. The highest BCUT2D eigenvalue weighted by Crippen LogP contribution is 2.37. The second-order valence-electron chi connectivity index (χ2n) is 5.93. The largest absolute Gasteiger partial charge is 0.488 e. The van der Waals surface area contributed by atoms with Gasteiger partial charge in [0.25, 0.3) is 0 Å². The summed E-state index contributed by atoms with van der Waals surface area (Å²) in [6.07, 6.45) is 0.945. The van der Waals surface area contributed by atoms with Gasteiger partial charge in [0.1, 0.15) is 23.7 Å². The molecule has 5 nitrogen and oxygen atoms in total. The van der Waals surface area contributed by atoms with Gasteiger partial charge in [-0.15, -0.1) is 0 Å². The average Bonchev–Trinajstić information content (AvgIpc) is 2.66. The molecule has 1 aromatic carbocycles. The molecule has 0 aliphatic carbocycles. The lowest BCUT2D eigenvalue weighted by atomic mass is 10.1. The van der Waals surface area contributed by atoms with E-state index in [2.05, 4.69) is 5.32 Å². The summed E-state index contributed by atoms with van der Waals surface area (Å²) < 4.78 is 10.9. The van der Waals surface area contributed by atoms with Gasteiger partial charge >= 0.3 is 6.09 Å². The molecule has 1 aromatic rings. The Labute approximate surface area is 118 Å². The zero-order valence-corrected chi connectivity index (χ0v) is 12.1. The van der Waals surface area contributed by atoms with Crippen LogP contribution in [0.1, 0.15) is 43.6 Å². The summed E-state index contributed by atoms with van der Waals surface area (Å²) in [6, 6.07) is 3.37. The van der Waals surface area contributed by atoms with Crippen LogP contribution in [0.25, 0.3) is 0 Å². The Bertz CT molecular complexity index is 546. The number of rotatable bonds is 2. The Morgan fingerprint density at radius 1 is 1.45 bits per heavy atom. The van der Waals surface area contributed by atoms with Gasteiger partial charge in [0.15, 0.2) is 0 Å². The fraction of sp³-hybridized carbons (Fsp3) is 0.467. The van der Waals surface area contributed by atoms with Gasteiger partial charge in [-0.05, 0) is 39.8 Å². The fourth-order valence-corrected chi connectivity index (χ4v) is 2.13. The van der Waals surface area contributed by atoms with E-state index in [0.29, 0.717) is 17.0 Å². The lowest BCUT2D eigenvalue weighted by Gasteiger charge is -2.20. The fourth-order valence-electron chi connectivity index (χ4n) is 2.13. The van der Waals surface area contributed by atoms with Crippen molar-refractivity contribution in [2.45, 2.75) is 45.8 Å². The lowest BCUT2D eigenvalue weighted by Crippen LogP contribution is -2.27. The van der Waals surface area contributed by atoms with Crippen LogP contribution in [0.15, 0.2) is 12.1 Å². The first-order chi connectivity index (χ1) is 9.28. The Balaban J connectivity index is 2.26. The summed E-state index contributed by atoms with van der Waals surface area (Å²) in [7, 11) is 0. The van der Waals surface area contributed by atoms with Gasteiger partial charge in [-0.25, -0.2) is 4.79 Å². The summed E-state index contributed by atoms with van der Waals surface area (Å²) in [5.41, 5.74) is 1.33. The topological polar surface area (TPSA) is 64.6 Å². The summed E-state index contributed by atoms with van der Waals surface area (Å²) in [4.78, 5) is 22.8. The lowest BCUT2D eigenvalue weighted by molar-refractivity contribution is 0.0635. The van der Waals surface area contributed by atoms with Crippen LogP contribution in [0.2, 0.25) is 0 Å². The molecule has 0 spiro atoms. The predicted molar refractivity (Wildman–Crippen MR) is 75.5 cm³/mol. The first-order valence-corrected chi connectivity index (χ1v) is 6.57. The highest BCUT2D eigenvalue weighted by Gasteiger charge is 2.25. The van der Waals surface area contributed by atoms with Crippen molar-refractivity contribution in [3.8, 4) is 5.75 Å². The Morgan fingerprint density at radius 2 is 2.15 bits per heavy atom. The van der Waals surface area contributed by atoms with Crippen molar-refractivity contribution < 1.29 is 19.1 Å². The van der Waals surface area contributed by atoms with E-state index >= 15 is 0 Å². The maximum absolute atomic E-state index is 11.8. The van der Waals surface area contributed by atoms with E-state index in [9.17, 15) is 9.59 Å². The highest BCUT2D eigenvalue weighted by atomic mass is 16.6. The van der Waals surface area contributed by atoms with Crippen LogP contribution in [-0.4, -0.2) is 24.1 Å². The summed E-state index contributed by atoms with van der Waals surface area (Å²) in [5, 5.41) is 2.65. The molecular weight excluding hydrogens is 258 g/mol. The van der Waals surface area contributed by atoms with Crippen LogP contribution in [0.4, 0.5) is 10.5 Å². The minimum absolute atomic E-state index is 0.0334. The van der Waals surface area contributed by atoms with Crippen LogP contribution in [-0.2, 0) is 11.2 Å². The molecule has 1 atom stereocenters. The zero-order chi connectivity index (χ0) is 14.9. The van der Waals surface area contributed by atoms with Gasteiger partial charge in [-0.2, -0.15) is 0 Å². The number of benzene rings is 1. The molecule has 0 saturated heterocycles. The number of aldehydes is 1. The van der Waals surface area contributed by atoms with Crippen LogP contribution in [0.5, 0.6) is 5.75 Å². The number of hydrogen-bond donors (Lipinski definition) is 1. The molecule has 2 rings (SSSR count). The van der Waals surface area contributed by atoms with E-state index in [1.54, 1.807) is 32.9 Å². The first kappa shape index (κ1) is 14.4. The predicted octanol–water partition coefficient (Wildman–Crippen LogP) is 3.17. The van der Waals surface area contributed by atoms with Gasteiger partial charge in [0.2, 0.25) is 0 Å². The molecule has 0 bridgehead atoms. The third-order valence-corrected chi connectivity index (χ3v) is 2.79. The van der Waals surface area contributed by atoms with Crippen molar-refractivity contribution in [1.29, 1.82) is 0 Å². The number of fused-ring (bicyclic) bond motifs is 1. The van der Waals surface area contributed by atoms with Crippen molar-refractivity contribution in [2.24, 2.45) is 0 Å². The molecule has 0 fully saturated rings. The van der Waals surface area contributed by atoms with Crippen molar-refractivity contribution >= 4 is 18.1 Å². The number of hydrogen-bond acceptors (Lipinski definition) is 4. The van der Waals surface area contributed by atoms with E-state index in [4.69, 9.17) is 9.47 Å². The molecule has 0 saturated carbocycles. The van der Waals surface area contributed by atoms with Gasteiger partial charge in [0, 0.05) is 17.5 Å². The van der Waals surface area contributed by atoms with Crippen molar-refractivity contribution in [1.82, 2.24) is 0 Å². The van der Waals surface area contributed by atoms with Crippen LogP contribution in [0.3, 0.4) is 0 Å².